The summed E-state index contributed by atoms with van der Waals surface area (Å²) in [7, 11) is 0. The zero-order chi connectivity index (χ0) is 16.1. The molecule has 0 radical (unpaired) electrons. The number of hydrogen-bond acceptors (Lipinski definition) is 3. The SMILES string of the molecule is CCC(=O)Oc1cccc(C)c1COc1ccc(C)cc1Cl. The minimum atomic E-state index is -0.264. The van der Waals surface area contributed by atoms with Crippen molar-refractivity contribution < 1.29 is 14.3 Å². The van der Waals surface area contributed by atoms with Gasteiger partial charge in [-0.1, -0.05) is 36.7 Å². The van der Waals surface area contributed by atoms with E-state index in [4.69, 9.17) is 21.1 Å². The highest BCUT2D eigenvalue weighted by Gasteiger charge is 2.12. The summed E-state index contributed by atoms with van der Waals surface area (Å²) < 4.78 is 11.2. The van der Waals surface area contributed by atoms with Crippen molar-refractivity contribution >= 4 is 17.6 Å². The first-order valence-corrected chi connectivity index (χ1v) is 7.57. The van der Waals surface area contributed by atoms with E-state index in [2.05, 4.69) is 0 Å². The summed E-state index contributed by atoms with van der Waals surface area (Å²) in [6.45, 7) is 5.99. The molecule has 0 aromatic heterocycles. The summed E-state index contributed by atoms with van der Waals surface area (Å²) in [4.78, 5) is 11.5. The fourth-order valence-electron chi connectivity index (χ4n) is 2.02. The van der Waals surface area contributed by atoms with Gasteiger partial charge in [0, 0.05) is 12.0 Å². The van der Waals surface area contributed by atoms with Crippen molar-refractivity contribution in [3.63, 3.8) is 0 Å². The first kappa shape index (κ1) is 16.4. The van der Waals surface area contributed by atoms with Crippen LogP contribution in [0.1, 0.15) is 30.0 Å². The summed E-state index contributed by atoms with van der Waals surface area (Å²) in [6, 6.07) is 11.2. The molecule has 0 aliphatic carbocycles. The Morgan fingerprint density at radius 1 is 1.14 bits per heavy atom. The molecule has 0 bridgehead atoms. The molecule has 0 atom stereocenters. The molecule has 2 aromatic carbocycles. The van der Waals surface area contributed by atoms with Crippen molar-refractivity contribution in [3.05, 3.63) is 58.1 Å². The van der Waals surface area contributed by atoms with E-state index in [1.807, 2.05) is 44.2 Å². The van der Waals surface area contributed by atoms with E-state index in [1.54, 1.807) is 13.0 Å². The second-order valence-electron chi connectivity index (χ2n) is 5.10. The highest BCUT2D eigenvalue weighted by Crippen LogP contribution is 2.29. The van der Waals surface area contributed by atoms with E-state index < -0.39 is 0 Å². The van der Waals surface area contributed by atoms with Gasteiger partial charge >= 0.3 is 5.97 Å². The quantitative estimate of drug-likeness (QED) is 0.584. The minimum absolute atomic E-state index is 0.264. The van der Waals surface area contributed by atoms with Crippen molar-refractivity contribution in [1.82, 2.24) is 0 Å². The monoisotopic (exact) mass is 318 g/mol. The van der Waals surface area contributed by atoms with Crippen molar-refractivity contribution in [2.24, 2.45) is 0 Å². The van der Waals surface area contributed by atoms with Crippen molar-refractivity contribution in [1.29, 1.82) is 0 Å². The van der Waals surface area contributed by atoms with Crippen LogP contribution in [0.15, 0.2) is 36.4 Å². The summed E-state index contributed by atoms with van der Waals surface area (Å²) in [5, 5.41) is 0.570. The van der Waals surface area contributed by atoms with E-state index in [1.165, 1.54) is 0 Å². The van der Waals surface area contributed by atoms with Crippen LogP contribution < -0.4 is 9.47 Å². The lowest BCUT2D eigenvalue weighted by molar-refractivity contribution is -0.134. The third-order valence-corrected chi connectivity index (χ3v) is 3.63. The van der Waals surface area contributed by atoms with Crippen molar-refractivity contribution in [2.75, 3.05) is 0 Å². The van der Waals surface area contributed by atoms with E-state index in [0.29, 0.717) is 29.5 Å². The average Bonchev–Trinajstić information content (AvgIpc) is 2.48. The van der Waals surface area contributed by atoms with Gasteiger partial charge in [-0.15, -0.1) is 0 Å². The van der Waals surface area contributed by atoms with Gasteiger partial charge < -0.3 is 9.47 Å². The highest BCUT2D eigenvalue weighted by atomic mass is 35.5. The molecule has 0 aliphatic heterocycles. The van der Waals surface area contributed by atoms with Crippen LogP contribution in [0.25, 0.3) is 0 Å². The molecule has 116 valence electrons. The molecule has 0 aliphatic rings. The molecule has 0 heterocycles. The average molecular weight is 319 g/mol. The smallest absolute Gasteiger partial charge is 0.310 e. The zero-order valence-corrected chi connectivity index (χ0v) is 13.7. The van der Waals surface area contributed by atoms with Gasteiger partial charge in [0.1, 0.15) is 18.1 Å². The zero-order valence-electron chi connectivity index (χ0n) is 13.0. The summed E-state index contributed by atoms with van der Waals surface area (Å²) in [5.41, 5.74) is 2.93. The molecular formula is C18H19ClO3. The van der Waals surface area contributed by atoms with Crippen LogP contribution in [0, 0.1) is 13.8 Å². The van der Waals surface area contributed by atoms with E-state index in [0.717, 1.165) is 16.7 Å². The van der Waals surface area contributed by atoms with Gasteiger partial charge in [-0.05, 0) is 43.2 Å². The van der Waals surface area contributed by atoms with E-state index in [9.17, 15) is 4.79 Å². The normalized spacial score (nSPS) is 10.4. The molecule has 0 saturated heterocycles. The molecule has 0 N–H and O–H groups in total. The first-order valence-electron chi connectivity index (χ1n) is 7.19. The van der Waals surface area contributed by atoms with Gasteiger partial charge in [-0.3, -0.25) is 4.79 Å². The topological polar surface area (TPSA) is 35.5 Å². The van der Waals surface area contributed by atoms with Crippen LogP contribution in [0.4, 0.5) is 0 Å². The molecule has 3 nitrogen and oxygen atoms in total. The number of benzene rings is 2. The molecule has 0 unspecified atom stereocenters. The lowest BCUT2D eigenvalue weighted by Crippen LogP contribution is -2.09. The molecule has 2 rings (SSSR count). The maximum atomic E-state index is 11.5. The van der Waals surface area contributed by atoms with E-state index in [-0.39, 0.29) is 5.97 Å². The lowest BCUT2D eigenvalue weighted by Gasteiger charge is -2.14. The predicted octanol–water partition coefficient (Wildman–Crippen LogP) is 4.85. The van der Waals surface area contributed by atoms with Crippen LogP contribution in [-0.4, -0.2) is 5.97 Å². The molecule has 0 spiro atoms. The Hall–Kier alpha value is -2.00. The van der Waals surface area contributed by atoms with Crippen LogP contribution in [0.2, 0.25) is 5.02 Å². The summed E-state index contributed by atoms with van der Waals surface area (Å²) >= 11 is 6.17. The van der Waals surface area contributed by atoms with Crippen molar-refractivity contribution in [3.8, 4) is 11.5 Å². The van der Waals surface area contributed by atoms with Crippen LogP contribution in [0.5, 0.6) is 11.5 Å². The molecule has 0 amide bonds. The second kappa shape index (κ2) is 7.32. The number of carbonyl (C=O) groups is 1. The maximum absolute atomic E-state index is 11.5. The minimum Gasteiger partial charge on any atom is -0.487 e. The van der Waals surface area contributed by atoms with Gasteiger partial charge in [-0.2, -0.15) is 0 Å². The number of hydrogen-bond donors (Lipinski definition) is 0. The number of ether oxygens (including phenoxy) is 2. The number of esters is 1. The second-order valence-corrected chi connectivity index (χ2v) is 5.51. The first-order chi connectivity index (χ1) is 10.5. The number of carbonyl (C=O) groups excluding carboxylic acids is 1. The Bertz CT molecular complexity index is 680. The van der Waals surface area contributed by atoms with Crippen LogP contribution in [0.3, 0.4) is 0 Å². The van der Waals surface area contributed by atoms with Crippen LogP contribution in [-0.2, 0) is 11.4 Å². The predicted molar refractivity (Wildman–Crippen MR) is 87.6 cm³/mol. The number of rotatable bonds is 5. The molecular weight excluding hydrogens is 300 g/mol. The largest absolute Gasteiger partial charge is 0.487 e. The molecule has 22 heavy (non-hydrogen) atoms. The molecule has 0 saturated carbocycles. The lowest BCUT2D eigenvalue weighted by atomic mass is 10.1. The van der Waals surface area contributed by atoms with Gasteiger partial charge in [0.05, 0.1) is 5.02 Å². The fraction of sp³-hybridized carbons (Fsp3) is 0.278. The summed E-state index contributed by atoms with van der Waals surface area (Å²) in [5.74, 6) is 0.888. The number of halogens is 1. The van der Waals surface area contributed by atoms with E-state index >= 15 is 0 Å². The molecule has 2 aromatic rings. The van der Waals surface area contributed by atoms with Gasteiger partial charge in [-0.25, -0.2) is 0 Å². The third-order valence-electron chi connectivity index (χ3n) is 3.34. The fourth-order valence-corrected chi connectivity index (χ4v) is 2.31. The highest BCUT2D eigenvalue weighted by molar-refractivity contribution is 6.32. The van der Waals surface area contributed by atoms with Crippen molar-refractivity contribution in [2.45, 2.75) is 33.8 Å². The Morgan fingerprint density at radius 3 is 2.59 bits per heavy atom. The van der Waals surface area contributed by atoms with Gasteiger partial charge in [0.15, 0.2) is 0 Å². The van der Waals surface area contributed by atoms with Gasteiger partial charge in [0.25, 0.3) is 0 Å². The Labute approximate surface area is 135 Å². The molecule has 0 fully saturated rings. The standard InChI is InChI=1S/C18H19ClO3/c1-4-18(20)22-16-7-5-6-13(3)14(16)11-21-17-9-8-12(2)10-15(17)19/h5-10H,4,11H2,1-3H3. The molecule has 4 heteroatoms. The Balaban J connectivity index is 2.19. The number of aryl methyl sites for hydroxylation is 2. The summed E-state index contributed by atoms with van der Waals surface area (Å²) in [6.07, 6.45) is 0.331. The Morgan fingerprint density at radius 2 is 1.91 bits per heavy atom. The van der Waals surface area contributed by atoms with Gasteiger partial charge in [0.2, 0.25) is 0 Å². The maximum Gasteiger partial charge on any atom is 0.310 e. The Kier molecular flexibility index (Phi) is 5.45. The third kappa shape index (κ3) is 4.01. The van der Waals surface area contributed by atoms with Crippen LogP contribution >= 0.6 is 11.6 Å².